The van der Waals surface area contributed by atoms with E-state index in [-0.39, 0.29) is 0 Å². The molecule has 0 aromatic heterocycles. The van der Waals surface area contributed by atoms with E-state index in [1.165, 1.54) is 0 Å². The minimum atomic E-state index is 0.774. The number of nitrogens with two attached hydrogens (primary N) is 1. The number of benzene rings is 2. The summed E-state index contributed by atoms with van der Waals surface area (Å²) in [7, 11) is 0. The summed E-state index contributed by atoms with van der Waals surface area (Å²) in [5.41, 5.74) is 9.84. The molecular formula is C13H12ClN. The molecule has 76 valence electrons. The summed E-state index contributed by atoms with van der Waals surface area (Å²) < 4.78 is 0. The minimum Gasteiger partial charge on any atom is -0.398 e. The van der Waals surface area contributed by atoms with Crippen molar-refractivity contribution in [2.24, 2.45) is 0 Å². The number of aryl methyl sites for hydroxylation is 1. The van der Waals surface area contributed by atoms with Crippen LogP contribution in [0.5, 0.6) is 0 Å². The second-order valence-corrected chi connectivity index (χ2v) is 3.96. The number of halogens is 1. The molecule has 0 unspecified atom stereocenters. The van der Waals surface area contributed by atoms with Gasteiger partial charge in [0, 0.05) is 16.3 Å². The van der Waals surface area contributed by atoms with E-state index in [0.717, 1.165) is 27.4 Å². The summed E-state index contributed by atoms with van der Waals surface area (Å²) >= 11 is 6.08. The Morgan fingerprint density at radius 3 is 2.47 bits per heavy atom. The Labute approximate surface area is 94.5 Å². The predicted octanol–water partition coefficient (Wildman–Crippen LogP) is 3.90. The summed E-state index contributed by atoms with van der Waals surface area (Å²) in [6.07, 6.45) is 0. The highest BCUT2D eigenvalue weighted by atomic mass is 35.5. The summed E-state index contributed by atoms with van der Waals surface area (Å²) in [6, 6.07) is 13.8. The summed E-state index contributed by atoms with van der Waals surface area (Å²) in [5, 5.41) is 0.774. The molecular weight excluding hydrogens is 206 g/mol. The molecule has 0 fully saturated rings. The van der Waals surface area contributed by atoms with Crippen LogP contribution in [-0.2, 0) is 0 Å². The van der Waals surface area contributed by atoms with Crippen molar-refractivity contribution in [2.45, 2.75) is 6.92 Å². The van der Waals surface area contributed by atoms with Gasteiger partial charge in [0.2, 0.25) is 0 Å². The first kappa shape index (κ1) is 10.1. The van der Waals surface area contributed by atoms with E-state index in [9.17, 15) is 0 Å². The maximum atomic E-state index is 6.08. The summed E-state index contributed by atoms with van der Waals surface area (Å²) in [6.45, 7) is 1.99. The third-order valence-corrected chi connectivity index (χ3v) is 2.85. The van der Waals surface area contributed by atoms with Gasteiger partial charge in [-0.3, -0.25) is 0 Å². The first-order valence-corrected chi connectivity index (χ1v) is 5.17. The van der Waals surface area contributed by atoms with Crippen LogP contribution < -0.4 is 5.73 Å². The van der Waals surface area contributed by atoms with Gasteiger partial charge >= 0.3 is 0 Å². The summed E-state index contributed by atoms with van der Waals surface area (Å²) in [4.78, 5) is 0. The number of hydrogen-bond donors (Lipinski definition) is 1. The molecule has 0 amide bonds. The van der Waals surface area contributed by atoms with Crippen LogP contribution in [0, 0.1) is 6.92 Å². The van der Waals surface area contributed by atoms with Crippen molar-refractivity contribution < 1.29 is 0 Å². The Bertz CT molecular complexity index is 492. The third-order valence-electron chi connectivity index (χ3n) is 2.44. The lowest BCUT2D eigenvalue weighted by Crippen LogP contribution is -1.89. The van der Waals surface area contributed by atoms with Gasteiger partial charge in [0.05, 0.1) is 0 Å². The van der Waals surface area contributed by atoms with Crippen molar-refractivity contribution in [2.75, 3.05) is 5.73 Å². The van der Waals surface area contributed by atoms with Crippen LogP contribution in [0.15, 0.2) is 42.5 Å². The second kappa shape index (κ2) is 3.95. The molecule has 2 heteroatoms. The maximum Gasteiger partial charge on any atom is 0.0441 e. The largest absolute Gasteiger partial charge is 0.398 e. The molecule has 2 aromatic carbocycles. The van der Waals surface area contributed by atoms with Gasteiger partial charge < -0.3 is 5.73 Å². The fraction of sp³-hybridized carbons (Fsp3) is 0.0769. The number of para-hydroxylation sites is 1. The summed E-state index contributed by atoms with van der Waals surface area (Å²) in [5.74, 6) is 0. The van der Waals surface area contributed by atoms with Crippen molar-refractivity contribution >= 4 is 17.3 Å². The molecule has 2 rings (SSSR count). The van der Waals surface area contributed by atoms with Crippen molar-refractivity contribution in [1.29, 1.82) is 0 Å². The number of hydrogen-bond acceptors (Lipinski definition) is 1. The zero-order chi connectivity index (χ0) is 10.8. The van der Waals surface area contributed by atoms with Crippen LogP contribution >= 0.6 is 11.6 Å². The predicted molar refractivity (Wildman–Crippen MR) is 66.0 cm³/mol. The first-order valence-electron chi connectivity index (χ1n) is 4.79. The van der Waals surface area contributed by atoms with Gasteiger partial charge in [-0.15, -0.1) is 0 Å². The van der Waals surface area contributed by atoms with E-state index in [4.69, 9.17) is 17.3 Å². The van der Waals surface area contributed by atoms with Crippen LogP contribution in [0.3, 0.4) is 0 Å². The molecule has 1 nitrogen and oxygen atoms in total. The van der Waals surface area contributed by atoms with Gasteiger partial charge in [0.1, 0.15) is 0 Å². The van der Waals surface area contributed by atoms with Crippen LogP contribution in [0.2, 0.25) is 5.02 Å². The third kappa shape index (κ3) is 1.97. The lowest BCUT2D eigenvalue weighted by molar-refractivity contribution is 1.47. The second-order valence-electron chi connectivity index (χ2n) is 3.55. The molecule has 0 aliphatic heterocycles. The van der Waals surface area contributed by atoms with Crippen LogP contribution in [0.4, 0.5) is 5.69 Å². The minimum absolute atomic E-state index is 0.774. The molecule has 0 atom stereocenters. The molecule has 0 saturated heterocycles. The van der Waals surface area contributed by atoms with E-state index in [2.05, 4.69) is 0 Å². The van der Waals surface area contributed by atoms with Gasteiger partial charge in [-0.05, 0) is 30.2 Å². The Kier molecular flexibility index (Phi) is 2.65. The molecule has 0 radical (unpaired) electrons. The highest BCUT2D eigenvalue weighted by Gasteiger charge is 2.03. The van der Waals surface area contributed by atoms with Crippen molar-refractivity contribution in [1.82, 2.24) is 0 Å². The van der Waals surface area contributed by atoms with E-state index in [1.807, 2.05) is 49.4 Å². The topological polar surface area (TPSA) is 26.0 Å². The number of nitrogen functional groups attached to an aromatic ring is 1. The smallest absolute Gasteiger partial charge is 0.0441 e. The SMILES string of the molecule is Cc1ccc(-c2ccccc2N)cc1Cl. The van der Waals surface area contributed by atoms with Crippen LogP contribution in [-0.4, -0.2) is 0 Å². The maximum absolute atomic E-state index is 6.08. The quantitative estimate of drug-likeness (QED) is 0.721. The molecule has 2 aromatic rings. The van der Waals surface area contributed by atoms with Gasteiger partial charge in [-0.1, -0.05) is 41.9 Å². The van der Waals surface area contributed by atoms with Crippen LogP contribution in [0.25, 0.3) is 11.1 Å². The van der Waals surface area contributed by atoms with Gasteiger partial charge in [0.25, 0.3) is 0 Å². The highest BCUT2D eigenvalue weighted by molar-refractivity contribution is 6.31. The standard InChI is InChI=1S/C13H12ClN/c1-9-6-7-10(8-12(9)14)11-4-2-3-5-13(11)15/h2-8H,15H2,1H3. The first-order chi connectivity index (χ1) is 7.18. The molecule has 15 heavy (non-hydrogen) atoms. The normalized spacial score (nSPS) is 10.3. The van der Waals surface area contributed by atoms with Crippen molar-refractivity contribution in [3.05, 3.63) is 53.1 Å². The molecule has 0 spiro atoms. The Hall–Kier alpha value is -1.47. The molecule has 0 aliphatic rings. The zero-order valence-corrected chi connectivity index (χ0v) is 9.25. The monoisotopic (exact) mass is 217 g/mol. The average Bonchev–Trinajstić information content (AvgIpc) is 2.23. The van der Waals surface area contributed by atoms with Crippen LogP contribution in [0.1, 0.15) is 5.56 Å². The van der Waals surface area contributed by atoms with Crippen molar-refractivity contribution in [3.63, 3.8) is 0 Å². The van der Waals surface area contributed by atoms with Crippen molar-refractivity contribution in [3.8, 4) is 11.1 Å². The van der Waals surface area contributed by atoms with Gasteiger partial charge in [-0.25, -0.2) is 0 Å². The van der Waals surface area contributed by atoms with E-state index >= 15 is 0 Å². The molecule has 2 N–H and O–H groups in total. The zero-order valence-electron chi connectivity index (χ0n) is 8.50. The number of rotatable bonds is 1. The Balaban J connectivity index is 2.55. The lowest BCUT2D eigenvalue weighted by Gasteiger charge is -2.06. The van der Waals surface area contributed by atoms with E-state index in [0.29, 0.717) is 0 Å². The fourth-order valence-corrected chi connectivity index (χ4v) is 1.70. The van der Waals surface area contributed by atoms with Gasteiger partial charge in [-0.2, -0.15) is 0 Å². The van der Waals surface area contributed by atoms with Gasteiger partial charge in [0.15, 0.2) is 0 Å². The number of anilines is 1. The Morgan fingerprint density at radius 1 is 1.07 bits per heavy atom. The molecule has 0 aliphatic carbocycles. The molecule has 0 saturated carbocycles. The fourth-order valence-electron chi connectivity index (χ4n) is 1.52. The molecule has 0 bridgehead atoms. The molecule has 0 heterocycles. The van der Waals surface area contributed by atoms with E-state index in [1.54, 1.807) is 0 Å². The Morgan fingerprint density at radius 2 is 1.80 bits per heavy atom. The van der Waals surface area contributed by atoms with E-state index < -0.39 is 0 Å². The average molecular weight is 218 g/mol. The lowest BCUT2D eigenvalue weighted by atomic mass is 10.0. The highest BCUT2D eigenvalue weighted by Crippen LogP contribution is 2.28.